The van der Waals surface area contributed by atoms with Gasteiger partial charge >= 0.3 is 12.1 Å². The second-order valence-corrected chi connectivity index (χ2v) is 10.0. The highest BCUT2D eigenvalue weighted by atomic mass is 35.5. The summed E-state index contributed by atoms with van der Waals surface area (Å²) in [6, 6.07) is 6.83. The van der Waals surface area contributed by atoms with Gasteiger partial charge in [-0.1, -0.05) is 11.6 Å². The zero-order valence-electron chi connectivity index (χ0n) is 21.9. The number of aliphatic carboxylic acids is 1. The predicted molar refractivity (Wildman–Crippen MR) is 147 cm³/mol. The van der Waals surface area contributed by atoms with Gasteiger partial charge in [-0.05, 0) is 31.4 Å². The maximum Gasteiger partial charge on any atom is 0.407 e. The number of fused-ring (bicyclic) bond motifs is 1. The molecule has 15 nitrogen and oxygen atoms in total. The maximum atomic E-state index is 11.9. The molecule has 41 heavy (non-hydrogen) atoms. The topological polar surface area (TPSA) is 206 Å². The van der Waals surface area contributed by atoms with Crippen LogP contribution in [0.2, 0.25) is 5.02 Å². The van der Waals surface area contributed by atoms with E-state index < -0.39 is 24.1 Å². The van der Waals surface area contributed by atoms with E-state index in [4.69, 9.17) is 16.3 Å². The van der Waals surface area contributed by atoms with Crippen LogP contribution in [-0.4, -0.2) is 81.6 Å². The van der Waals surface area contributed by atoms with E-state index in [9.17, 15) is 25.2 Å². The first-order chi connectivity index (χ1) is 19.8. The Morgan fingerprint density at radius 2 is 2.02 bits per heavy atom. The number of anilines is 4. The summed E-state index contributed by atoms with van der Waals surface area (Å²) in [6.45, 7) is 0.424. The van der Waals surface area contributed by atoms with E-state index in [2.05, 4.69) is 48.5 Å². The smallest absolute Gasteiger partial charge is 0.407 e. The number of methoxy groups -OCH3 is 1. The van der Waals surface area contributed by atoms with Crippen molar-refractivity contribution in [2.24, 2.45) is 0 Å². The number of imidazole rings is 1. The number of benzene rings is 1. The first-order valence-corrected chi connectivity index (χ1v) is 13.1. The molecular weight excluding hydrogens is 554 g/mol. The molecule has 212 valence electrons. The van der Waals surface area contributed by atoms with Gasteiger partial charge in [0.25, 0.3) is 0 Å². The number of nitrogens with one attached hydrogen (secondary N) is 4. The van der Waals surface area contributed by atoms with Gasteiger partial charge in [-0.2, -0.15) is 20.0 Å². The SMILES string of the molecule is COC(=O)N[C@H]1CCN(c2cc(C#N)cc(Nc3nc(NC4CC4)c4ncc(C#N)n4n3)c2Cl)C[C@@H]1NCC(=O)O. The Morgan fingerprint density at radius 1 is 1.22 bits per heavy atom. The zero-order valence-corrected chi connectivity index (χ0v) is 22.6. The van der Waals surface area contributed by atoms with E-state index in [0.717, 1.165) is 12.8 Å². The second kappa shape index (κ2) is 11.7. The van der Waals surface area contributed by atoms with Gasteiger partial charge in [0, 0.05) is 25.2 Å². The largest absolute Gasteiger partial charge is 0.480 e. The summed E-state index contributed by atoms with van der Waals surface area (Å²) >= 11 is 6.87. The monoisotopic (exact) mass is 579 g/mol. The normalized spacial score (nSPS) is 18.3. The highest BCUT2D eigenvalue weighted by Gasteiger charge is 2.32. The Morgan fingerprint density at radius 3 is 2.71 bits per heavy atom. The van der Waals surface area contributed by atoms with Gasteiger partial charge in [0.1, 0.15) is 6.07 Å². The fourth-order valence-corrected chi connectivity index (χ4v) is 4.90. The van der Waals surface area contributed by atoms with Crippen molar-refractivity contribution in [2.75, 3.05) is 42.3 Å². The van der Waals surface area contributed by atoms with Crippen LogP contribution in [0.4, 0.5) is 27.9 Å². The van der Waals surface area contributed by atoms with Crippen LogP contribution in [-0.2, 0) is 9.53 Å². The van der Waals surface area contributed by atoms with Crippen molar-refractivity contribution in [1.29, 1.82) is 10.5 Å². The summed E-state index contributed by atoms with van der Waals surface area (Å²) in [7, 11) is 1.26. The predicted octanol–water partition coefficient (Wildman–Crippen LogP) is 1.82. The number of carboxylic acids is 1. The molecule has 3 aromatic rings. The van der Waals surface area contributed by atoms with Gasteiger partial charge in [-0.15, -0.1) is 5.10 Å². The average molecular weight is 580 g/mol. The Kier molecular flexibility index (Phi) is 7.91. The molecule has 1 saturated heterocycles. The Bertz CT molecular complexity index is 1580. The number of piperidine rings is 1. The van der Waals surface area contributed by atoms with Crippen LogP contribution in [0.1, 0.15) is 30.5 Å². The van der Waals surface area contributed by atoms with Crippen LogP contribution in [0, 0.1) is 22.7 Å². The van der Waals surface area contributed by atoms with Gasteiger partial charge in [0.2, 0.25) is 5.95 Å². The van der Waals surface area contributed by atoms with Crippen LogP contribution >= 0.6 is 11.6 Å². The van der Waals surface area contributed by atoms with Crippen molar-refractivity contribution in [3.8, 4) is 12.1 Å². The minimum absolute atomic E-state index is 0.139. The number of carbonyl (C=O) groups is 2. The molecule has 5 rings (SSSR count). The van der Waals surface area contributed by atoms with Gasteiger partial charge in [-0.3, -0.25) is 4.79 Å². The van der Waals surface area contributed by atoms with Crippen molar-refractivity contribution >= 4 is 52.5 Å². The summed E-state index contributed by atoms with van der Waals surface area (Å²) in [5.74, 6) is -0.438. The van der Waals surface area contributed by atoms with Gasteiger partial charge in [-0.25, -0.2) is 9.78 Å². The van der Waals surface area contributed by atoms with Gasteiger partial charge in [0.05, 0.1) is 53.9 Å². The van der Waals surface area contributed by atoms with Crippen LogP contribution in [0.15, 0.2) is 18.3 Å². The number of aromatic nitrogens is 4. The first-order valence-electron chi connectivity index (χ1n) is 12.8. The third-order valence-corrected chi connectivity index (χ3v) is 7.18. The molecule has 1 aliphatic heterocycles. The summed E-state index contributed by atoms with van der Waals surface area (Å²) in [5.41, 5.74) is 1.85. The van der Waals surface area contributed by atoms with Crippen molar-refractivity contribution in [2.45, 2.75) is 37.4 Å². The molecule has 2 aromatic heterocycles. The van der Waals surface area contributed by atoms with Crippen molar-refractivity contribution < 1.29 is 19.4 Å². The molecule has 3 heterocycles. The third-order valence-electron chi connectivity index (χ3n) is 6.78. The molecule has 0 spiro atoms. The standard InChI is InChI=1S/C25H26ClN11O4/c1-41-25(40)33-16-4-5-36(12-18(16)29-11-20(38)39)19-7-13(8-27)6-17(21(19)26)32-24-34-22(31-14-2-3-14)23-30-10-15(9-28)37(23)35-24/h6-7,10,14,16,18,29H,2-5,11-12H2,1H3,(H,33,40)(H,38,39)(H2,31,32,34,35)/t16-,18-/m0/s1. The molecule has 2 aliphatic rings. The van der Waals surface area contributed by atoms with E-state index >= 15 is 0 Å². The number of hydrogen-bond donors (Lipinski definition) is 5. The Balaban J connectivity index is 1.46. The number of amides is 1. The molecule has 0 unspecified atom stereocenters. The number of ether oxygens (including phenoxy) is 1. The minimum Gasteiger partial charge on any atom is -0.480 e. The number of nitrogens with zero attached hydrogens (tertiary/aromatic N) is 7. The van der Waals surface area contributed by atoms with E-state index in [-0.39, 0.29) is 35.8 Å². The molecule has 1 saturated carbocycles. The molecule has 5 N–H and O–H groups in total. The molecular formula is C25H26ClN11O4. The quantitative estimate of drug-likeness (QED) is 0.245. The van der Waals surface area contributed by atoms with Crippen LogP contribution in [0.3, 0.4) is 0 Å². The summed E-state index contributed by atoms with van der Waals surface area (Å²) in [4.78, 5) is 33.8. The number of carbonyl (C=O) groups excluding carboxylic acids is 1. The highest BCUT2D eigenvalue weighted by molar-refractivity contribution is 6.36. The minimum atomic E-state index is -1.04. The van der Waals surface area contributed by atoms with Gasteiger partial charge < -0.3 is 36.0 Å². The van der Waals surface area contributed by atoms with E-state index in [0.29, 0.717) is 41.4 Å². The van der Waals surface area contributed by atoms with Crippen LogP contribution in [0.25, 0.3) is 5.65 Å². The molecule has 1 aliphatic carbocycles. The molecule has 0 bridgehead atoms. The lowest BCUT2D eigenvalue weighted by Crippen LogP contribution is -2.60. The van der Waals surface area contributed by atoms with Gasteiger partial charge in [0.15, 0.2) is 17.2 Å². The first kappa shape index (κ1) is 27.7. The fraction of sp³-hybridized carbons (Fsp3) is 0.400. The van der Waals surface area contributed by atoms with Crippen molar-refractivity contribution in [1.82, 2.24) is 30.2 Å². The number of halogens is 1. The van der Waals surface area contributed by atoms with Crippen molar-refractivity contribution in [3.05, 3.63) is 34.6 Å². The molecule has 1 aromatic carbocycles. The summed E-state index contributed by atoms with van der Waals surface area (Å²) in [5, 5.41) is 45.3. The third kappa shape index (κ3) is 6.16. The molecule has 1 amide bonds. The summed E-state index contributed by atoms with van der Waals surface area (Å²) in [6.07, 6.45) is 3.25. The van der Waals surface area contributed by atoms with Crippen LogP contribution < -0.4 is 26.2 Å². The lowest BCUT2D eigenvalue weighted by atomic mass is 9.98. The number of rotatable bonds is 9. The van der Waals surface area contributed by atoms with E-state index in [1.807, 2.05) is 4.90 Å². The Hall–Kier alpha value is -4.86. The molecule has 2 atom stereocenters. The van der Waals surface area contributed by atoms with E-state index in [1.165, 1.54) is 17.8 Å². The number of alkyl carbamates (subject to hydrolysis) is 1. The molecule has 2 fully saturated rings. The average Bonchev–Trinajstić information content (AvgIpc) is 3.69. The lowest BCUT2D eigenvalue weighted by molar-refractivity contribution is -0.136. The second-order valence-electron chi connectivity index (χ2n) is 9.65. The maximum absolute atomic E-state index is 11.9. The zero-order chi connectivity index (χ0) is 29.1. The Labute approximate surface area is 239 Å². The van der Waals surface area contributed by atoms with Crippen molar-refractivity contribution in [3.63, 3.8) is 0 Å². The molecule has 16 heteroatoms. The number of nitriles is 2. The summed E-state index contributed by atoms with van der Waals surface area (Å²) < 4.78 is 6.11. The highest BCUT2D eigenvalue weighted by Crippen LogP contribution is 2.37. The molecule has 0 radical (unpaired) electrons. The number of carboxylic acid groups (broad SMARTS) is 1. The van der Waals surface area contributed by atoms with E-state index in [1.54, 1.807) is 12.1 Å². The fourth-order valence-electron chi connectivity index (χ4n) is 4.62. The number of hydrogen-bond acceptors (Lipinski definition) is 12. The van der Waals surface area contributed by atoms with Crippen LogP contribution in [0.5, 0.6) is 0 Å². The lowest BCUT2D eigenvalue weighted by Gasteiger charge is -2.40.